The molecular formula is C14H13BrN2O2. The van der Waals surface area contributed by atoms with Crippen LogP contribution in [0.4, 0.5) is 0 Å². The van der Waals surface area contributed by atoms with E-state index in [1.807, 2.05) is 17.0 Å². The number of rotatable bonds is 4. The number of furan rings is 1. The van der Waals surface area contributed by atoms with E-state index >= 15 is 0 Å². The number of halogens is 1. The summed E-state index contributed by atoms with van der Waals surface area (Å²) >= 11 is 3.33. The van der Waals surface area contributed by atoms with Crippen molar-refractivity contribution in [3.63, 3.8) is 0 Å². The molecule has 2 aromatic rings. The van der Waals surface area contributed by atoms with Crippen molar-refractivity contribution in [3.05, 3.63) is 52.7 Å². The molecule has 1 fully saturated rings. The van der Waals surface area contributed by atoms with Crippen molar-refractivity contribution in [1.29, 1.82) is 0 Å². The van der Waals surface area contributed by atoms with Gasteiger partial charge in [-0.25, -0.2) is 4.98 Å². The molecule has 3 rings (SSSR count). The Bertz CT molecular complexity index is 579. The van der Waals surface area contributed by atoms with E-state index in [2.05, 4.69) is 20.9 Å². The van der Waals surface area contributed by atoms with Crippen LogP contribution < -0.4 is 0 Å². The molecule has 0 spiro atoms. The lowest BCUT2D eigenvalue weighted by molar-refractivity contribution is 0.0716. The lowest BCUT2D eigenvalue weighted by Crippen LogP contribution is -2.32. The molecule has 0 unspecified atom stereocenters. The second kappa shape index (κ2) is 5.17. The standard InChI is InChI=1S/C14H13BrN2O2/c15-13-12(4-1-7-16-13)14(18)17(10-5-6-10)9-11-3-2-8-19-11/h1-4,7-8,10H,5-6,9H2. The first-order valence-corrected chi connectivity index (χ1v) is 6.99. The van der Waals surface area contributed by atoms with Crippen molar-refractivity contribution >= 4 is 21.8 Å². The predicted molar refractivity (Wildman–Crippen MR) is 73.5 cm³/mol. The minimum Gasteiger partial charge on any atom is -0.467 e. The Kier molecular flexibility index (Phi) is 3.38. The molecule has 0 bridgehead atoms. The Morgan fingerprint density at radius 1 is 1.42 bits per heavy atom. The van der Waals surface area contributed by atoms with Gasteiger partial charge in [0.15, 0.2) is 0 Å². The van der Waals surface area contributed by atoms with E-state index in [-0.39, 0.29) is 5.91 Å². The topological polar surface area (TPSA) is 46.3 Å². The third-order valence-electron chi connectivity index (χ3n) is 3.14. The van der Waals surface area contributed by atoms with Gasteiger partial charge in [-0.2, -0.15) is 0 Å². The van der Waals surface area contributed by atoms with Crippen LogP contribution in [-0.2, 0) is 6.54 Å². The molecule has 0 aliphatic heterocycles. The zero-order valence-corrected chi connectivity index (χ0v) is 11.8. The minimum absolute atomic E-state index is 0.00104. The van der Waals surface area contributed by atoms with E-state index in [0.717, 1.165) is 18.6 Å². The fraction of sp³-hybridized carbons (Fsp3) is 0.286. The summed E-state index contributed by atoms with van der Waals surface area (Å²) in [6.45, 7) is 0.512. The van der Waals surface area contributed by atoms with Crippen LogP contribution in [0.3, 0.4) is 0 Å². The molecule has 0 saturated heterocycles. The maximum absolute atomic E-state index is 12.6. The number of pyridine rings is 1. The number of hydrogen-bond acceptors (Lipinski definition) is 3. The van der Waals surface area contributed by atoms with Crippen LogP contribution in [0, 0.1) is 0 Å². The Labute approximate surface area is 119 Å². The SMILES string of the molecule is O=C(c1cccnc1Br)N(Cc1ccco1)C1CC1. The van der Waals surface area contributed by atoms with Gasteiger partial charge in [-0.05, 0) is 53.0 Å². The Morgan fingerprint density at radius 3 is 2.89 bits per heavy atom. The second-order valence-electron chi connectivity index (χ2n) is 4.59. The van der Waals surface area contributed by atoms with Crippen LogP contribution in [0.5, 0.6) is 0 Å². The molecule has 0 aromatic carbocycles. The fourth-order valence-electron chi connectivity index (χ4n) is 2.02. The molecule has 2 heterocycles. The van der Waals surface area contributed by atoms with Crippen LogP contribution in [0.1, 0.15) is 29.0 Å². The van der Waals surface area contributed by atoms with Crippen LogP contribution in [-0.4, -0.2) is 21.8 Å². The average molecular weight is 321 g/mol. The van der Waals surface area contributed by atoms with Crippen molar-refractivity contribution in [3.8, 4) is 0 Å². The van der Waals surface area contributed by atoms with Gasteiger partial charge in [0.25, 0.3) is 5.91 Å². The average Bonchev–Trinajstić information content (AvgIpc) is 3.13. The molecule has 0 atom stereocenters. The third kappa shape index (κ3) is 2.71. The summed E-state index contributed by atoms with van der Waals surface area (Å²) in [6.07, 6.45) is 5.41. The Hall–Kier alpha value is -1.62. The van der Waals surface area contributed by atoms with Gasteiger partial charge in [0, 0.05) is 12.2 Å². The van der Waals surface area contributed by atoms with Crippen LogP contribution in [0.25, 0.3) is 0 Å². The molecular weight excluding hydrogens is 308 g/mol. The normalized spacial score (nSPS) is 14.4. The van der Waals surface area contributed by atoms with Crippen molar-refractivity contribution in [1.82, 2.24) is 9.88 Å². The predicted octanol–water partition coefficient (Wildman–Crippen LogP) is 3.24. The first kappa shape index (κ1) is 12.4. The van der Waals surface area contributed by atoms with Crippen molar-refractivity contribution in [2.24, 2.45) is 0 Å². The van der Waals surface area contributed by atoms with Gasteiger partial charge < -0.3 is 9.32 Å². The number of aromatic nitrogens is 1. The molecule has 98 valence electrons. The maximum atomic E-state index is 12.6. The molecule has 1 aliphatic carbocycles. The minimum atomic E-state index is -0.00104. The number of carbonyl (C=O) groups excluding carboxylic acids is 1. The second-order valence-corrected chi connectivity index (χ2v) is 5.34. The highest BCUT2D eigenvalue weighted by Gasteiger charge is 2.34. The molecule has 1 aliphatic rings. The zero-order chi connectivity index (χ0) is 13.2. The Balaban J connectivity index is 1.84. The lowest BCUT2D eigenvalue weighted by atomic mass is 10.2. The molecule has 0 N–H and O–H groups in total. The molecule has 0 radical (unpaired) electrons. The molecule has 1 amide bonds. The zero-order valence-electron chi connectivity index (χ0n) is 10.3. The fourth-order valence-corrected chi connectivity index (χ4v) is 2.44. The largest absolute Gasteiger partial charge is 0.467 e. The lowest BCUT2D eigenvalue weighted by Gasteiger charge is -2.21. The van der Waals surface area contributed by atoms with Gasteiger partial charge in [-0.15, -0.1) is 0 Å². The highest BCUT2D eigenvalue weighted by molar-refractivity contribution is 9.10. The molecule has 2 aromatic heterocycles. The molecule has 5 heteroatoms. The molecule has 19 heavy (non-hydrogen) atoms. The van der Waals surface area contributed by atoms with E-state index in [4.69, 9.17) is 4.42 Å². The van der Waals surface area contributed by atoms with Crippen molar-refractivity contribution in [2.75, 3.05) is 0 Å². The number of carbonyl (C=O) groups is 1. The van der Waals surface area contributed by atoms with Crippen LogP contribution in [0.2, 0.25) is 0 Å². The highest BCUT2D eigenvalue weighted by Crippen LogP contribution is 2.30. The van der Waals surface area contributed by atoms with Gasteiger partial charge in [-0.3, -0.25) is 4.79 Å². The quantitative estimate of drug-likeness (QED) is 0.812. The summed E-state index contributed by atoms with van der Waals surface area (Å²) in [6, 6.07) is 7.61. The summed E-state index contributed by atoms with van der Waals surface area (Å²) in [5.74, 6) is 0.805. The highest BCUT2D eigenvalue weighted by atomic mass is 79.9. The number of nitrogens with zero attached hydrogens (tertiary/aromatic N) is 2. The summed E-state index contributed by atoms with van der Waals surface area (Å²) < 4.78 is 5.93. The summed E-state index contributed by atoms with van der Waals surface area (Å²) in [4.78, 5) is 18.6. The first-order chi connectivity index (χ1) is 9.25. The first-order valence-electron chi connectivity index (χ1n) is 6.19. The van der Waals surface area contributed by atoms with Gasteiger partial charge in [-0.1, -0.05) is 0 Å². The third-order valence-corrected chi connectivity index (χ3v) is 3.78. The van der Waals surface area contributed by atoms with E-state index in [0.29, 0.717) is 22.8 Å². The smallest absolute Gasteiger partial charge is 0.257 e. The van der Waals surface area contributed by atoms with Crippen molar-refractivity contribution < 1.29 is 9.21 Å². The summed E-state index contributed by atoms with van der Waals surface area (Å²) in [5.41, 5.74) is 0.598. The van der Waals surface area contributed by atoms with Crippen molar-refractivity contribution in [2.45, 2.75) is 25.4 Å². The van der Waals surface area contributed by atoms with E-state index in [9.17, 15) is 4.79 Å². The molecule has 1 saturated carbocycles. The number of hydrogen-bond donors (Lipinski definition) is 0. The maximum Gasteiger partial charge on any atom is 0.257 e. The van der Waals surface area contributed by atoms with Crippen LogP contribution in [0.15, 0.2) is 45.7 Å². The Morgan fingerprint density at radius 2 is 2.26 bits per heavy atom. The van der Waals surface area contributed by atoms with Gasteiger partial charge in [0.1, 0.15) is 10.4 Å². The van der Waals surface area contributed by atoms with Gasteiger partial charge in [0.05, 0.1) is 18.4 Å². The van der Waals surface area contributed by atoms with Gasteiger partial charge in [0.2, 0.25) is 0 Å². The monoisotopic (exact) mass is 320 g/mol. The summed E-state index contributed by atoms with van der Waals surface area (Å²) in [7, 11) is 0. The number of amides is 1. The van der Waals surface area contributed by atoms with Gasteiger partial charge >= 0.3 is 0 Å². The van der Waals surface area contributed by atoms with E-state index in [1.165, 1.54) is 0 Å². The molecule has 4 nitrogen and oxygen atoms in total. The van der Waals surface area contributed by atoms with E-state index in [1.54, 1.807) is 24.6 Å². The van der Waals surface area contributed by atoms with E-state index < -0.39 is 0 Å². The van der Waals surface area contributed by atoms with Crippen LogP contribution >= 0.6 is 15.9 Å². The summed E-state index contributed by atoms with van der Waals surface area (Å²) in [5, 5.41) is 0.